The Kier molecular flexibility index (Phi) is 4.94. The van der Waals surface area contributed by atoms with Gasteiger partial charge < -0.3 is 11.1 Å². The van der Waals surface area contributed by atoms with E-state index in [4.69, 9.17) is 5.73 Å². The fourth-order valence-electron chi connectivity index (χ4n) is 1.46. The summed E-state index contributed by atoms with van der Waals surface area (Å²) in [5.41, 5.74) is 5.48. The lowest BCUT2D eigenvalue weighted by Gasteiger charge is -2.20. The number of hydrogen-bond acceptors (Lipinski definition) is 3. The average Bonchev–Trinajstić information content (AvgIpc) is 2.27. The van der Waals surface area contributed by atoms with Crippen molar-refractivity contribution in [3.05, 3.63) is 30.3 Å². The van der Waals surface area contributed by atoms with Gasteiger partial charge in [0.2, 0.25) is 0 Å². The minimum atomic E-state index is -3.29. The Morgan fingerprint density at radius 3 is 2.37 bits per heavy atom. The Morgan fingerprint density at radius 1 is 1.26 bits per heavy atom. The Labute approximate surface area is 114 Å². The van der Waals surface area contributed by atoms with Crippen LogP contribution >= 0.6 is 0 Å². The van der Waals surface area contributed by atoms with Gasteiger partial charge in [-0.2, -0.15) is 0 Å². The first-order valence-corrected chi connectivity index (χ1v) is 7.72. The monoisotopic (exact) mass is 283 g/mol. The Balaban J connectivity index is 2.60. The van der Waals surface area contributed by atoms with E-state index in [-0.39, 0.29) is 23.8 Å². The lowest BCUT2D eigenvalue weighted by Crippen LogP contribution is -2.45. The van der Waals surface area contributed by atoms with Crippen LogP contribution in [0, 0.1) is 0 Å². The van der Waals surface area contributed by atoms with Gasteiger partial charge in [-0.3, -0.25) is 4.99 Å². The van der Waals surface area contributed by atoms with Crippen LogP contribution in [0.1, 0.15) is 20.8 Å². The molecule has 0 aromatic heterocycles. The highest BCUT2D eigenvalue weighted by Gasteiger charge is 2.14. The summed E-state index contributed by atoms with van der Waals surface area (Å²) in [6, 6.07) is 8.34. The van der Waals surface area contributed by atoms with E-state index in [0.29, 0.717) is 4.90 Å². The molecule has 6 heteroatoms. The Morgan fingerprint density at radius 2 is 1.84 bits per heavy atom. The molecule has 0 amide bonds. The van der Waals surface area contributed by atoms with Crippen LogP contribution in [0.4, 0.5) is 0 Å². The third-order valence-corrected chi connectivity index (χ3v) is 3.96. The van der Waals surface area contributed by atoms with E-state index < -0.39 is 9.84 Å². The molecule has 0 bridgehead atoms. The first-order chi connectivity index (χ1) is 8.71. The SMILES string of the molecule is CC(C)(C)NC(N)=NCCS(=O)(=O)c1ccccc1. The zero-order valence-electron chi connectivity index (χ0n) is 11.6. The molecule has 19 heavy (non-hydrogen) atoms. The minimum absolute atomic E-state index is 0.0520. The van der Waals surface area contributed by atoms with E-state index in [9.17, 15) is 8.42 Å². The molecular formula is C13H21N3O2S. The van der Waals surface area contributed by atoms with Crippen molar-refractivity contribution in [3.63, 3.8) is 0 Å². The summed E-state index contributed by atoms with van der Waals surface area (Å²) in [6.07, 6.45) is 0. The van der Waals surface area contributed by atoms with E-state index >= 15 is 0 Å². The van der Waals surface area contributed by atoms with Gasteiger partial charge in [0, 0.05) is 5.54 Å². The van der Waals surface area contributed by atoms with Crippen LogP contribution in [0.5, 0.6) is 0 Å². The van der Waals surface area contributed by atoms with Gasteiger partial charge in [0.1, 0.15) is 0 Å². The summed E-state index contributed by atoms with van der Waals surface area (Å²) in [7, 11) is -3.29. The summed E-state index contributed by atoms with van der Waals surface area (Å²) in [5.74, 6) is 0.208. The second kappa shape index (κ2) is 6.06. The van der Waals surface area contributed by atoms with Crippen LogP contribution in [0.2, 0.25) is 0 Å². The van der Waals surface area contributed by atoms with Gasteiger partial charge in [0.15, 0.2) is 15.8 Å². The van der Waals surface area contributed by atoms with Crippen molar-refractivity contribution in [1.82, 2.24) is 5.32 Å². The van der Waals surface area contributed by atoms with Crippen molar-refractivity contribution < 1.29 is 8.42 Å². The predicted molar refractivity (Wildman–Crippen MR) is 77.9 cm³/mol. The number of guanidine groups is 1. The molecule has 106 valence electrons. The summed E-state index contributed by atoms with van der Waals surface area (Å²) < 4.78 is 23.9. The highest BCUT2D eigenvalue weighted by atomic mass is 32.2. The number of nitrogens with two attached hydrogens (primary N) is 1. The first-order valence-electron chi connectivity index (χ1n) is 6.07. The molecule has 1 rings (SSSR count). The number of sulfone groups is 1. The first kappa shape index (κ1) is 15.5. The lowest BCUT2D eigenvalue weighted by atomic mass is 10.1. The largest absolute Gasteiger partial charge is 0.370 e. The van der Waals surface area contributed by atoms with Gasteiger partial charge in [-0.15, -0.1) is 0 Å². The van der Waals surface area contributed by atoms with Crippen molar-refractivity contribution in [2.75, 3.05) is 12.3 Å². The molecular weight excluding hydrogens is 262 g/mol. The van der Waals surface area contributed by atoms with Gasteiger partial charge in [-0.05, 0) is 32.9 Å². The number of hydrogen-bond donors (Lipinski definition) is 2. The number of nitrogens with one attached hydrogen (secondary N) is 1. The van der Waals surface area contributed by atoms with E-state index in [1.807, 2.05) is 20.8 Å². The standard InChI is InChI=1S/C13H21N3O2S/c1-13(2,3)16-12(14)15-9-10-19(17,18)11-7-5-4-6-8-11/h4-8H,9-10H2,1-3H3,(H3,14,15,16). The number of nitrogens with zero attached hydrogens (tertiary/aromatic N) is 1. The van der Waals surface area contributed by atoms with E-state index in [2.05, 4.69) is 10.3 Å². The summed E-state index contributed by atoms with van der Waals surface area (Å²) in [5, 5.41) is 2.98. The zero-order valence-corrected chi connectivity index (χ0v) is 12.4. The Hall–Kier alpha value is -1.56. The van der Waals surface area contributed by atoms with Gasteiger partial charge in [0.25, 0.3) is 0 Å². The molecule has 1 aromatic rings. The topological polar surface area (TPSA) is 84.5 Å². The van der Waals surface area contributed by atoms with Crippen LogP contribution in [0.15, 0.2) is 40.2 Å². The summed E-state index contributed by atoms with van der Waals surface area (Å²) in [6.45, 7) is 6.01. The van der Waals surface area contributed by atoms with Crippen molar-refractivity contribution in [1.29, 1.82) is 0 Å². The smallest absolute Gasteiger partial charge is 0.189 e. The molecule has 5 nitrogen and oxygen atoms in total. The van der Waals surface area contributed by atoms with E-state index in [0.717, 1.165) is 0 Å². The normalized spacial score (nSPS) is 13.3. The molecule has 0 atom stereocenters. The number of aliphatic imine (C=N–C) groups is 1. The molecule has 0 heterocycles. The third kappa shape index (κ3) is 5.74. The van der Waals surface area contributed by atoms with Gasteiger partial charge in [-0.25, -0.2) is 8.42 Å². The quantitative estimate of drug-likeness (QED) is 0.641. The molecule has 0 fully saturated rings. The second-order valence-electron chi connectivity index (χ2n) is 5.27. The summed E-state index contributed by atoms with van der Waals surface area (Å²) >= 11 is 0. The van der Waals surface area contributed by atoms with Crippen LogP contribution < -0.4 is 11.1 Å². The van der Waals surface area contributed by atoms with Crippen LogP contribution in [0.3, 0.4) is 0 Å². The fraction of sp³-hybridized carbons (Fsp3) is 0.462. The molecule has 0 aliphatic rings. The van der Waals surface area contributed by atoms with Crippen molar-refractivity contribution in [3.8, 4) is 0 Å². The molecule has 0 unspecified atom stereocenters. The number of rotatable bonds is 4. The van der Waals surface area contributed by atoms with Crippen molar-refractivity contribution in [2.24, 2.45) is 10.7 Å². The molecule has 0 spiro atoms. The molecule has 0 aliphatic carbocycles. The highest BCUT2D eigenvalue weighted by molar-refractivity contribution is 7.91. The van der Waals surface area contributed by atoms with Crippen molar-refractivity contribution >= 4 is 15.8 Å². The molecule has 0 aliphatic heterocycles. The Bertz CT molecular complexity index is 531. The maximum Gasteiger partial charge on any atom is 0.189 e. The third-order valence-electron chi connectivity index (χ3n) is 2.25. The molecule has 0 radical (unpaired) electrons. The fourth-order valence-corrected chi connectivity index (χ4v) is 2.59. The zero-order chi connectivity index (χ0) is 14.5. The van der Waals surface area contributed by atoms with Crippen LogP contribution in [-0.4, -0.2) is 32.2 Å². The second-order valence-corrected chi connectivity index (χ2v) is 7.38. The van der Waals surface area contributed by atoms with Crippen LogP contribution in [0.25, 0.3) is 0 Å². The van der Waals surface area contributed by atoms with Gasteiger partial charge in [-0.1, -0.05) is 18.2 Å². The highest BCUT2D eigenvalue weighted by Crippen LogP contribution is 2.09. The molecule has 0 saturated heterocycles. The molecule has 3 N–H and O–H groups in total. The predicted octanol–water partition coefficient (Wildman–Crippen LogP) is 1.16. The van der Waals surface area contributed by atoms with Crippen molar-refractivity contribution in [2.45, 2.75) is 31.2 Å². The van der Waals surface area contributed by atoms with Gasteiger partial charge >= 0.3 is 0 Å². The lowest BCUT2D eigenvalue weighted by molar-refractivity contribution is 0.508. The van der Waals surface area contributed by atoms with E-state index in [1.165, 1.54) is 0 Å². The molecule has 1 aromatic carbocycles. The van der Waals surface area contributed by atoms with Gasteiger partial charge in [0.05, 0.1) is 17.2 Å². The van der Waals surface area contributed by atoms with Crippen LogP contribution in [-0.2, 0) is 9.84 Å². The number of benzene rings is 1. The average molecular weight is 283 g/mol. The minimum Gasteiger partial charge on any atom is -0.370 e. The summed E-state index contributed by atoms with van der Waals surface area (Å²) in [4.78, 5) is 4.34. The van der Waals surface area contributed by atoms with E-state index in [1.54, 1.807) is 30.3 Å². The maximum absolute atomic E-state index is 12.0. The molecule has 0 saturated carbocycles. The maximum atomic E-state index is 12.0.